The van der Waals surface area contributed by atoms with Gasteiger partial charge in [0.25, 0.3) is 5.69 Å². The van der Waals surface area contributed by atoms with E-state index in [-0.39, 0.29) is 12.3 Å². The van der Waals surface area contributed by atoms with E-state index in [9.17, 15) is 14.9 Å². The maximum Gasteiger partial charge on any atom is 0.341 e. The molecule has 3 aromatic rings. The molecule has 0 unspecified atom stereocenters. The number of ether oxygens (including phenoxy) is 1. The minimum Gasteiger partial charge on any atom is -0.457 e. The van der Waals surface area contributed by atoms with Gasteiger partial charge >= 0.3 is 5.97 Å². The van der Waals surface area contributed by atoms with Gasteiger partial charge in [0.1, 0.15) is 12.2 Å². The van der Waals surface area contributed by atoms with Crippen molar-refractivity contribution in [3.8, 4) is 5.69 Å². The first kappa shape index (κ1) is 17.3. The number of nitro groups is 1. The van der Waals surface area contributed by atoms with Crippen LogP contribution in [0.25, 0.3) is 5.69 Å². The van der Waals surface area contributed by atoms with Crippen LogP contribution in [0.3, 0.4) is 0 Å². The standard InChI is InChI=1S/C19H17N3O4/c1-13-6-3-4-9-18(13)21-14(2)17(11-20-21)19(23)26-12-15-7-5-8-16(10-15)22(24)25/h3-11H,12H2,1-2H3. The minimum atomic E-state index is -0.520. The lowest BCUT2D eigenvalue weighted by Gasteiger charge is -2.08. The number of nitrogens with zero attached hydrogens (tertiary/aromatic N) is 3. The summed E-state index contributed by atoms with van der Waals surface area (Å²) < 4.78 is 6.99. The Hall–Kier alpha value is -3.48. The van der Waals surface area contributed by atoms with Crippen LogP contribution in [0, 0.1) is 24.0 Å². The van der Waals surface area contributed by atoms with Gasteiger partial charge in [-0.25, -0.2) is 9.48 Å². The lowest BCUT2D eigenvalue weighted by Crippen LogP contribution is -2.08. The topological polar surface area (TPSA) is 87.3 Å². The average molecular weight is 351 g/mol. The molecule has 0 bridgehead atoms. The van der Waals surface area contributed by atoms with E-state index in [4.69, 9.17) is 4.74 Å². The molecule has 0 N–H and O–H groups in total. The van der Waals surface area contributed by atoms with Gasteiger partial charge in [-0.05, 0) is 31.0 Å². The van der Waals surface area contributed by atoms with Crippen LogP contribution in [-0.4, -0.2) is 20.7 Å². The first-order valence-electron chi connectivity index (χ1n) is 7.98. The Labute approximate surface area is 150 Å². The maximum absolute atomic E-state index is 12.4. The third kappa shape index (κ3) is 3.46. The molecule has 1 aromatic heterocycles. The molecule has 0 radical (unpaired) electrons. The molecule has 0 atom stereocenters. The third-order valence-corrected chi connectivity index (χ3v) is 4.06. The third-order valence-electron chi connectivity index (χ3n) is 4.06. The molecule has 0 aliphatic rings. The SMILES string of the molecule is Cc1ccccc1-n1ncc(C(=O)OCc2cccc([N+](=O)[O-])c2)c1C. The van der Waals surface area contributed by atoms with Crippen LogP contribution >= 0.6 is 0 Å². The molecule has 3 rings (SSSR count). The lowest BCUT2D eigenvalue weighted by molar-refractivity contribution is -0.384. The Morgan fingerprint density at radius 3 is 2.69 bits per heavy atom. The Kier molecular flexibility index (Phi) is 4.79. The van der Waals surface area contributed by atoms with Crippen LogP contribution in [0.1, 0.15) is 27.2 Å². The number of aromatic nitrogens is 2. The number of rotatable bonds is 5. The number of hydrogen-bond donors (Lipinski definition) is 0. The second-order valence-corrected chi connectivity index (χ2v) is 5.85. The zero-order chi connectivity index (χ0) is 18.7. The van der Waals surface area contributed by atoms with Gasteiger partial charge in [-0.2, -0.15) is 5.10 Å². The number of esters is 1. The van der Waals surface area contributed by atoms with Gasteiger partial charge in [-0.15, -0.1) is 0 Å². The van der Waals surface area contributed by atoms with E-state index in [1.54, 1.807) is 23.7 Å². The number of benzene rings is 2. The van der Waals surface area contributed by atoms with E-state index in [0.29, 0.717) is 16.8 Å². The van der Waals surface area contributed by atoms with Gasteiger partial charge in [0.2, 0.25) is 0 Å². The maximum atomic E-state index is 12.4. The first-order chi connectivity index (χ1) is 12.5. The molecule has 0 spiro atoms. The number of carbonyl (C=O) groups excluding carboxylic acids is 1. The van der Waals surface area contributed by atoms with Gasteiger partial charge in [0.15, 0.2) is 0 Å². The number of carbonyl (C=O) groups is 1. The molecule has 0 saturated heterocycles. The second kappa shape index (κ2) is 7.18. The van der Waals surface area contributed by atoms with Gasteiger partial charge < -0.3 is 4.74 Å². The van der Waals surface area contributed by atoms with E-state index in [0.717, 1.165) is 11.3 Å². The molecule has 2 aromatic carbocycles. The largest absolute Gasteiger partial charge is 0.457 e. The zero-order valence-electron chi connectivity index (χ0n) is 14.4. The Balaban J connectivity index is 1.76. The monoisotopic (exact) mass is 351 g/mol. The highest BCUT2D eigenvalue weighted by Crippen LogP contribution is 2.19. The Morgan fingerprint density at radius 2 is 1.96 bits per heavy atom. The summed E-state index contributed by atoms with van der Waals surface area (Å²) in [5, 5.41) is 15.1. The Morgan fingerprint density at radius 1 is 1.19 bits per heavy atom. The fourth-order valence-corrected chi connectivity index (χ4v) is 2.64. The summed E-state index contributed by atoms with van der Waals surface area (Å²) in [4.78, 5) is 22.7. The highest BCUT2D eigenvalue weighted by atomic mass is 16.6. The number of para-hydroxylation sites is 1. The molecule has 7 nitrogen and oxygen atoms in total. The highest BCUT2D eigenvalue weighted by Gasteiger charge is 2.17. The van der Waals surface area contributed by atoms with Crippen molar-refractivity contribution in [1.29, 1.82) is 0 Å². The summed E-state index contributed by atoms with van der Waals surface area (Å²) in [6.07, 6.45) is 1.47. The molecule has 0 fully saturated rings. The molecule has 0 amide bonds. The fraction of sp³-hybridized carbons (Fsp3) is 0.158. The minimum absolute atomic E-state index is 0.0397. The number of non-ortho nitro benzene ring substituents is 1. The van der Waals surface area contributed by atoms with E-state index in [1.807, 2.05) is 31.2 Å². The van der Waals surface area contributed by atoms with Crippen LogP contribution in [-0.2, 0) is 11.3 Å². The van der Waals surface area contributed by atoms with Crippen molar-refractivity contribution in [3.05, 3.63) is 87.2 Å². The molecular weight excluding hydrogens is 334 g/mol. The molecule has 132 valence electrons. The van der Waals surface area contributed by atoms with E-state index >= 15 is 0 Å². The quantitative estimate of drug-likeness (QED) is 0.397. The summed E-state index contributed by atoms with van der Waals surface area (Å²) in [5.41, 5.74) is 3.47. The predicted molar refractivity (Wildman–Crippen MR) is 95.3 cm³/mol. The van der Waals surface area contributed by atoms with Crippen molar-refractivity contribution in [3.63, 3.8) is 0 Å². The molecule has 0 saturated carbocycles. The highest BCUT2D eigenvalue weighted by molar-refractivity contribution is 5.90. The van der Waals surface area contributed by atoms with Crippen molar-refractivity contribution in [2.45, 2.75) is 20.5 Å². The smallest absolute Gasteiger partial charge is 0.341 e. The van der Waals surface area contributed by atoms with Gasteiger partial charge in [0.05, 0.1) is 22.5 Å². The van der Waals surface area contributed by atoms with Crippen molar-refractivity contribution < 1.29 is 14.5 Å². The average Bonchev–Trinajstić information content (AvgIpc) is 3.02. The molecule has 0 aliphatic carbocycles. The summed E-state index contributed by atoms with van der Waals surface area (Å²) in [5.74, 6) is -0.520. The summed E-state index contributed by atoms with van der Waals surface area (Å²) >= 11 is 0. The normalized spacial score (nSPS) is 10.5. The fourth-order valence-electron chi connectivity index (χ4n) is 2.64. The van der Waals surface area contributed by atoms with Crippen LogP contribution in [0.2, 0.25) is 0 Å². The predicted octanol–water partition coefficient (Wildman–Crippen LogP) is 3.75. The number of aryl methyl sites for hydroxylation is 1. The Bertz CT molecular complexity index is 978. The van der Waals surface area contributed by atoms with Crippen LogP contribution < -0.4 is 0 Å². The van der Waals surface area contributed by atoms with Crippen molar-refractivity contribution in [1.82, 2.24) is 9.78 Å². The molecule has 1 heterocycles. The second-order valence-electron chi connectivity index (χ2n) is 5.85. The lowest BCUT2D eigenvalue weighted by atomic mass is 10.2. The first-order valence-corrected chi connectivity index (χ1v) is 7.98. The van der Waals surface area contributed by atoms with Crippen molar-refractivity contribution in [2.75, 3.05) is 0 Å². The summed E-state index contributed by atoms with van der Waals surface area (Å²) in [7, 11) is 0. The van der Waals surface area contributed by atoms with Gasteiger partial charge in [-0.3, -0.25) is 10.1 Å². The van der Waals surface area contributed by atoms with Gasteiger partial charge in [0, 0.05) is 12.1 Å². The summed E-state index contributed by atoms with van der Waals surface area (Å²) in [6.45, 7) is 3.72. The van der Waals surface area contributed by atoms with Crippen LogP contribution in [0.4, 0.5) is 5.69 Å². The molecular formula is C19H17N3O4. The molecule has 26 heavy (non-hydrogen) atoms. The van der Waals surface area contributed by atoms with E-state index < -0.39 is 10.9 Å². The zero-order valence-corrected chi connectivity index (χ0v) is 14.4. The molecule has 7 heteroatoms. The summed E-state index contributed by atoms with van der Waals surface area (Å²) in [6, 6.07) is 13.7. The van der Waals surface area contributed by atoms with Crippen LogP contribution in [0.5, 0.6) is 0 Å². The number of nitro benzene ring substituents is 1. The molecule has 0 aliphatic heterocycles. The van der Waals surface area contributed by atoms with E-state index in [1.165, 1.54) is 18.3 Å². The number of hydrogen-bond acceptors (Lipinski definition) is 5. The van der Waals surface area contributed by atoms with Crippen molar-refractivity contribution >= 4 is 11.7 Å². The van der Waals surface area contributed by atoms with Crippen LogP contribution in [0.15, 0.2) is 54.7 Å². The van der Waals surface area contributed by atoms with Gasteiger partial charge in [-0.1, -0.05) is 30.3 Å². The van der Waals surface area contributed by atoms with Crippen molar-refractivity contribution in [2.24, 2.45) is 0 Å². The van der Waals surface area contributed by atoms with E-state index in [2.05, 4.69) is 5.10 Å².